The van der Waals surface area contributed by atoms with Crippen molar-refractivity contribution in [1.82, 2.24) is 0 Å². The monoisotopic (exact) mass is 333 g/mol. The van der Waals surface area contributed by atoms with Crippen molar-refractivity contribution < 1.29 is 9.53 Å². The third-order valence-electron chi connectivity index (χ3n) is 4.52. The zero-order chi connectivity index (χ0) is 17.8. The average Bonchev–Trinajstić information content (AvgIpc) is 2.63. The van der Waals surface area contributed by atoms with E-state index in [2.05, 4.69) is 11.4 Å². The highest BCUT2D eigenvalue weighted by atomic mass is 16.5. The molecule has 0 heterocycles. The van der Waals surface area contributed by atoms with Gasteiger partial charge in [0.1, 0.15) is 5.75 Å². The van der Waals surface area contributed by atoms with Crippen molar-refractivity contribution in [1.29, 1.82) is 0 Å². The van der Waals surface area contributed by atoms with Gasteiger partial charge in [-0.2, -0.15) is 0 Å². The van der Waals surface area contributed by atoms with Gasteiger partial charge in [-0.1, -0.05) is 49.4 Å². The van der Waals surface area contributed by atoms with Gasteiger partial charge in [0.05, 0.1) is 0 Å². The first kappa shape index (κ1) is 17.0. The van der Waals surface area contributed by atoms with Gasteiger partial charge in [0.25, 0.3) is 5.91 Å². The fraction of sp³-hybridized carbons (Fsp3) is 0.227. The highest BCUT2D eigenvalue weighted by molar-refractivity contribution is 5.95. The second-order valence-electron chi connectivity index (χ2n) is 6.26. The summed E-state index contributed by atoms with van der Waals surface area (Å²) in [6, 6.07) is 19.9. The van der Waals surface area contributed by atoms with Crippen LogP contribution in [0, 0.1) is 13.8 Å². The van der Waals surface area contributed by atoms with E-state index < -0.39 is 6.10 Å². The number of aryl methyl sites for hydroxylation is 1. The molecule has 0 aromatic heterocycles. The number of nitrogens with one attached hydrogen (secondary N) is 1. The third kappa shape index (κ3) is 3.82. The van der Waals surface area contributed by atoms with Crippen molar-refractivity contribution in [2.45, 2.75) is 33.3 Å². The molecule has 0 aliphatic heterocycles. The Balaban J connectivity index is 1.76. The van der Waals surface area contributed by atoms with Gasteiger partial charge in [-0.05, 0) is 60.4 Å². The number of carbonyl (C=O) groups excluding carboxylic acids is 1. The zero-order valence-electron chi connectivity index (χ0n) is 14.9. The van der Waals surface area contributed by atoms with Crippen LogP contribution in [0.3, 0.4) is 0 Å². The van der Waals surface area contributed by atoms with E-state index in [-0.39, 0.29) is 5.91 Å². The number of anilines is 1. The largest absolute Gasteiger partial charge is 0.481 e. The molecule has 25 heavy (non-hydrogen) atoms. The van der Waals surface area contributed by atoms with Gasteiger partial charge in [0.15, 0.2) is 6.10 Å². The van der Waals surface area contributed by atoms with Crippen molar-refractivity contribution in [2.75, 3.05) is 5.32 Å². The topological polar surface area (TPSA) is 38.3 Å². The Hall–Kier alpha value is -2.81. The van der Waals surface area contributed by atoms with Crippen LogP contribution in [0.25, 0.3) is 10.8 Å². The highest BCUT2D eigenvalue weighted by Gasteiger charge is 2.19. The summed E-state index contributed by atoms with van der Waals surface area (Å²) in [6.45, 7) is 6.00. The van der Waals surface area contributed by atoms with Gasteiger partial charge >= 0.3 is 0 Å². The highest BCUT2D eigenvalue weighted by Crippen LogP contribution is 2.23. The number of hydrogen-bond donors (Lipinski definition) is 1. The van der Waals surface area contributed by atoms with Crippen molar-refractivity contribution >= 4 is 22.4 Å². The molecule has 0 spiro atoms. The summed E-state index contributed by atoms with van der Waals surface area (Å²) < 4.78 is 5.96. The summed E-state index contributed by atoms with van der Waals surface area (Å²) in [6.07, 6.45) is 0.0739. The Morgan fingerprint density at radius 3 is 2.52 bits per heavy atom. The van der Waals surface area contributed by atoms with Crippen molar-refractivity contribution in [3.8, 4) is 5.75 Å². The van der Waals surface area contributed by atoms with Crippen LogP contribution in [-0.4, -0.2) is 12.0 Å². The summed E-state index contributed by atoms with van der Waals surface area (Å²) in [5.74, 6) is 0.589. The molecule has 0 saturated heterocycles. The first-order chi connectivity index (χ1) is 12.1. The predicted molar refractivity (Wildman–Crippen MR) is 103 cm³/mol. The standard InChI is InChI=1S/C22H23NO2/c1-4-21(22(24)23-20-11-7-8-15(2)16(20)3)25-19-13-12-17-9-5-6-10-18(17)14-19/h5-14,21H,4H2,1-3H3,(H,23,24)/t21-/m0/s1. The Kier molecular flexibility index (Phi) is 5.03. The molecule has 3 nitrogen and oxygen atoms in total. The molecule has 3 aromatic carbocycles. The van der Waals surface area contributed by atoms with E-state index in [0.717, 1.165) is 27.6 Å². The maximum Gasteiger partial charge on any atom is 0.265 e. The van der Waals surface area contributed by atoms with E-state index in [1.54, 1.807) is 0 Å². The lowest BCUT2D eigenvalue weighted by molar-refractivity contribution is -0.122. The normalized spacial score (nSPS) is 12.0. The molecule has 128 valence electrons. The van der Waals surface area contributed by atoms with Gasteiger partial charge in [-0.15, -0.1) is 0 Å². The lowest BCUT2D eigenvalue weighted by Gasteiger charge is -2.19. The van der Waals surface area contributed by atoms with Crippen LogP contribution >= 0.6 is 0 Å². The lowest BCUT2D eigenvalue weighted by atomic mass is 10.1. The third-order valence-corrected chi connectivity index (χ3v) is 4.52. The van der Waals surface area contributed by atoms with Gasteiger partial charge < -0.3 is 10.1 Å². The molecule has 0 unspecified atom stereocenters. The van der Waals surface area contributed by atoms with E-state index in [9.17, 15) is 4.79 Å². The molecular formula is C22H23NO2. The first-order valence-electron chi connectivity index (χ1n) is 8.61. The molecule has 0 radical (unpaired) electrons. The Morgan fingerprint density at radius 2 is 1.76 bits per heavy atom. The van der Waals surface area contributed by atoms with Gasteiger partial charge in [0.2, 0.25) is 0 Å². The van der Waals surface area contributed by atoms with Gasteiger partial charge in [-0.25, -0.2) is 0 Å². The molecule has 1 N–H and O–H groups in total. The maximum absolute atomic E-state index is 12.6. The number of hydrogen-bond acceptors (Lipinski definition) is 2. The zero-order valence-corrected chi connectivity index (χ0v) is 14.9. The molecule has 1 atom stereocenters. The van der Waals surface area contributed by atoms with Crippen molar-refractivity contribution in [3.63, 3.8) is 0 Å². The molecule has 3 heteroatoms. The summed E-state index contributed by atoms with van der Waals surface area (Å²) in [7, 11) is 0. The van der Waals surface area contributed by atoms with E-state index in [4.69, 9.17) is 4.74 Å². The molecule has 0 aliphatic carbocycles. The van der Waals surface area contributed by atoms with Crippen LogP contribution in [0.15, 0.2) is 60.7 Å². The summed E-state index contributed by atoms with van der Waals surface area (Å²) >= 11 is 0. The number of amides is 1. The quantitative estimate of drug-likeness (QED) is 0.692. The fourth-order valence-electron chi connectivity index (χ4n) is 2.83. The van der Waals surface area contributed by atoms with E-state index in [0.29, 0.717) is 12.2 Å². The Bertz CT molecular complexity index is 901. The van der Waals surface area contributed by atoms with E-state index in [1.165, 1.54) is 0 Å². The molecule has 0 saturated carbocycles. The molecule has 0 fully saturated rings. The van der Waals surface area contributed by atoms with Crippen LogP contribution in [0.1, 0.15) is 24.5 Å². The van der Waals surface area contributed by atoms with E-state index >= 15 is 0 Å². The van der Waals surface area contributed by atoms with Crippen LogP contribution in [0.2, 0.25) is 0 Å². The van der Waals surface area contributed by atoms with Crippen LogP contribution in [0.4, 0.5) is 5.69 Å². The molecule has 1 amide bonds. The fourth-order valence-corrected chi connectivity index (χ4v) is 2.83. The Morgan fingerprint density at radius 1 is 1.00 bits per heavy atom. The number of fused-ring (bicyclic) bond motifs is 1. The molecular weight excluding hydrogens is 310 g/mol. The van der Waals surface area contributed by atoms with Gasteiger partial charge in [-0.3, -0.25) is 4.79 Å². The lowest BCUT2D eigenvalue weighted by Crippen LogP contribution is -2.32. The SMILES string of the molecule is CC[C@H](Oc1ccc2ccccc2c1)C(=O)Nc1cccc(C)c1C. The van der Waals surface area contributed by atoms with Crippen molar-refractivity contribution in [3.05, 3.63) is 71.8 Å². The number of ether oxygens (including phenoxy) is 1. The summed E-state index contributed by atoms with van der Waals surface area (Å²) in [4.78, 5) is 12.6. The van der Waals surface area contributed by atoms with Crippen molar-refractivity contribution in [2.24, 2.45) is 0 Å². The van der Waals surface area contributed by atoms with Crippen LogP contribution < -0.4 is 10.1 Å². The minimum Gasteiger partial charge on any atom is -0.481 e. The predicted octanol–water partition coefficient (Wildman–Crippen LogP) is 5.25. The smallest absolute Gasteiger partial charge is 0.265 e. The number of benzene rings is 3. The van der Waals surface area contributed by atoms with Gasteiger partial charge in [0, 0.05) is 5.69 Å². The second kappa shape index (κ2) is 7.39. The molecule has 3 rings (SSSR count). The number of carbonyl (C=O) groups is 1. The van der Waals surface area contributed by atoms with E-state index in [1.807, 2.05) is 75.4 Å². The summed E-state index contributed by atoms with van der Waals surface area (Å²) in [5, 5.41) is 5.25. The summed E-state index contributed by atoms with van der Waals surface area (Å²) in [5.41, 5.74) is 3.07. The first-order valence-corrected chi connectivity index (χ1v) is 8.61. The van der Waals surface area contributed by atoms with Crippen LogP contribution in [0.5, 0.6) is 5.75 Å². The second-order valence-corrected chi connectivity index (χ2v) is 6.26. The molecule has 3 aromatic rings. The number of rotatable bonds is 5. The molecule has 0 aliphatic rings. The molecule has 0 bridgehead atoms. The Labute approximate surface area is 148 Å². The minimum absolute atomic E-state index is 0.121. The minimum atomic E-state index is -0.527. The average molecular weight is 333 g/mol. The maximum atomic E-state index is 12.6. The van der Waals surface area contributed by atoms with Crippen LogP contribution in [-0.2, 0) is 4.79 Å².